The van der Waals surface area contributed by atoms with Crippen molar-refractivity contribution in [3.63, 3.8) is 0 Å². The van der Waals surface area contributed by atoms with Crippen LogP contribution in [0.1, 0.15) is 33.6 Å². The Labute approximate surface area is 209 Å². The molecule has 0 aliphatic rings. The van der Waals surface area contributed by atoms with E-state index in [2.05, 4.69) is 26.0 Å². The number of alkyl halides is 2. The summed E-state index contributed by atoms with van der Waals surface area (Å²) in [5.41, 5.74) is 1.12. The van der Waals surface area contributed by atoms with Gasteiger partial charge in [0.1, 0.15) is 5.75 Å². The fraction of sp³-hybridized carbons (Fsp3) is 0.458. The number of methoxy groups -OCH3 is 1. The van der Waals surface area contributed by atoms with Gasteiger partial charge in [-0.1, -0.05) is 6.08 Å². The van der Waals surface area contributed by atoms with Crippen molar-refractivity contribution in [2.24, 2.45) is 0 Å². The summed E-state index contributed by atoms with van der Waals surface area (Å²) >= 11 is 0. The van der Waals surface area contributed by atoms with Gasteiger partial charge in [0.2, 0.25) is 5.91 Å². The molecular formula is C24H34F2N4O6. The van der Waals surface area contributed by atoms with Crippen LogP contribution in [0.4, 0.5) is 24.1 Å². The first kappa shape index (κ1) is 30.4. The standard InChI is InChI=1S/C24H34F2N4O6/c1-5-18(29-22(32)30-19-9-11-20(12-10-19)36-24(3,25)26)16-17(8-7-15-34-4)21(31)27-13-14-28-23(33)35-6-2/h5,9-12,16H,6-8,13-15H2,1-4H3,(H,27,31)(H,28,33)(H2,29,30,32)/b17-16+,18-5+. The first-order chi connectivity index (χ1) is 17.1. The zero-order chi connectivity index (χ0) is 27.0. The van der Waals surface area contributed by atoms with Crippen molar-refractivity contribution in [2.45, 2.75) is 39.7 Å². The summed E-state index contributed by atoms with van der Waals surface area (Å²) in [4.78, 5) is 36.4. The van der Waals surface area contributed by atoms with E-state index in [1.54, 1.807) is 33.1 Å². The summed E-state index contributed by atoms with van der Waals surface area (Å²) in [7, 11) is 1.56. The number of carbonyl (C=O) groups excluding carboxylic acids is 3. The first-order valence-corrected chi connectivity index (χ1v) is 11.4. The molecule has 1 aromatic carbocycles. The Hall–Kier alpha value is -3.67. The van der Waals surface area contributed by atoms with Gasteiger partial charge in [0.05, 0.1) is 6.61 Å². The second kappa shape index (κ2) is 16.1. The van der Waals surface area contributed by atoms with Gasteiger partial charge in [-0.05, 0) is 57.0 Å². The smallest absolute Gasteiger partial charge is 0.407 e. The van der Waals surface area contributed by atoms with Crippen molar-refractivity contribution in [3.8, 4) is 5.75 Å². The number of allylic oxidation sites excluding steroid dienone is 2. The second-order valence-electron chi connectivity index (χ2n) is 7.43. The van der Waals surface area contributed by atoms with Crippen LogP contribution in [0.2, 0.25) is 0 Å². The van der Waals surface area contributed by atoms with Crippen molar-refractivity contribution in [3.05, 3.63) is 47.7 Å². The zero-order valence-electron chi connectivity index (χ0n) is 20.9. The number of ether oxygens (including phenoxy) is 3. The molecule has 0 radical (unpaired) electrons. The number of amides is 4. The van der Waals surface area contributed by atoms with Crippen LogP contribution in [0.5, 0.6) is 5.75 Å². The van der Waals surface area contributed by atoms with Gasteiger partial charge in [-0.25, -0.2) is 9.59 Å². The van der Waals surface area contributed by atoms with Gasteiger partial charge in [-0.2, -0.15) is 8.78 Å². The molecule has 0 atom stereocenters. The number of urea groups is 1. The molecule has 0 unspecified atom stereocenters. The molecule has 0 aliphatic carbocycles. The summed E-state index contributed by atoms with van der Waals surface area (Å²) in [5.74, 6) is -0.406. The van der Waals surface area contributed by atoms with Crippen LogP contribution < -0.4 is 26.0 Å². The molecule has 36 heavy (non-hydrogen) atoms. The summed E-state index contributed by atoms with van der Waals surface area (Å²) in [5, 5.41) is 10.4. The lowest BCUT2D eigenvalue weighted by molar-refractivity contribution is -0.158. The van der Waals surface area contributed by atoms with Crippen LogP contribution in [0.25, 0.3) is 0 Å². The van der Waals surface area contributed by atoms with Crippen molar-refractivity contribution < 1.29 is 37.4 Å². The van der Waals surface area contributed by atoms with Gasteiger partial charge in [-0.3, -0.25) is 4.79 Å². The minimum absolute atomic E-state index is 0.0466. The number of carbonyl (C=O) groups is 3. The number of halogens is 2. The van der Waals surface area contributed by atoms with Crippen LogP contribution in [-0.2, 0) is 14.3 Å². The first-order valence-electron chi connectivity index (χ1n) is 11.4. The molecule has 0 fully saturated rings. The summed E-state index contributed by atoms with van der Waals surface area (Å²) in [6.07, 6.45) is 0.236. The Kier molecular flexibility index (Phi) is 13.6. The monoisotopic (exact) mass is 512 g/mol. The van der Waals surface area contributed by atoms with Crippen LogP contribution in [-0.4, -0.2) is 57.6 Å². The molecule has 1 rings (SSSR count). The summed E-state index contributed by atoms with van der Waals surface area (Å²) < 4.78 is 40.1. The number of rotatable bonds is 14. The molecule has 1 aromatic rings. The SMILES string of the molecule is C/C=C(\C=C(/CCCOC)C(=O)NCCNC(=O)OCC)NC(=O)Nc1ccc(OC(C)(F)F)cc1. The molecule has 0 aromatic heterocycles. The molecule has 0 heterocycles. The molecule has 0 bridgehead atoms. The summed E-state index contributed by atoms with van der Waals surface area (Å²) in [6.45, 7) is 5.06. The van der Waals surface area contributed by atoms with Gasteiger partial charge in [0.15, 0.2) is 0 Å². The number of nitrogens with one attached hydrogen (secondary N) is 4. The number of alkyl carbamates (subject to hydrolysis) is 1. The van der Waals surface area contributed by atoms with E-state index in [1.165, 1.54) is 24.3 Å². The van der Waals surface area contributed by atoms with Crippen molar-refractivity contribution in [1.29, 1.82) is 0 Å². The Balaban J connectivity index is 2.75. The van der Waals surface area contributed by atoms with Crippen LogP contribution in [0.15, 0.2) is 47.7 Å². The van der Waals surface area contributed by atoms with E-state index in [9.17, 15) is 23.2 Å². The second-order valence-corrected chi connectivity index (χ2v) is 7.43. The van der Waals surface area contributed by atoms with Gasteiger partial charge in [0, 0.05) is 50.7 Å². The van der Waals surface area contributed by atoms with E-state index < -0.39 is 18.2 Å². The van der Waals surface area contributed by atoms with Crippen LogP contribution >= 0.6 is 0 Å². The number of hydrogen-bond donors (Lipinski definition) is 4. The van der Waals surface area contributed by atoms with Gasteiger partial charge in [-0.15, -0.1) is 0 Å². The van der Waals surface area contributed by atoms with Crippen molar-refractivity contribution >= 4 is 23.7 Å². The Morgan fingerprint density at radius 3 is 2.33 bits per heavy atom. The predicted molar refractivity (Wildman–Crippen MR) is 131 cm³/mol. The lowest BCUT2D eigenvalue weighted by atomic mass is 10.1. The normalized spacial score (nSPS) is 11.9. The maximum absolute atomic E-state index is 12.9. The third-order valence-corrected chi connectivity index (χ3v) is 4.35. The average Bonchev–Trinajstić information content (AvgIpc) is 2.81. The highest BCUT2D eigenvalue weighted by atomic mass is 19.3. The third kappa shape index (κ3) is 13.3. The molecule has 0 aliphatic heterocycles. The fourth-order valence-electron chi connectivity index (χ4n) is 2.78. The van der Waals surface area contributed by atoms with E-state index in [1.807, 2.05) is 0 Å². The quantitative estimate of drug-likeness (QED) is 0.170. The Morgan fingerprint density at radius 2 is 1.75 bits per heavy atom. The maximum Gasteiger partial charge on any atom is 0.407 e. The van der Waals surface area contributed by atoms with Crippen molar-refractivity contribution in [2.75, 3.05) is 38.7 Å². The average molecular weight is 513 g/mol. The molecule has 4 amide bonds. The topological polar surface area (TPSA) is 127 Å². The van der Waals surface area contributed by atoms with E-state index in [4.69, 9.17) is 9.47 Å². The largest absolute Gasteiger partial charge is 0.450 e. The molecule has 200 valence electrons. The van der Waals surface area contributed by atoms with Crippen LogP contribution in [0, 0.1) is 0 Å². The molecule has 4 N–H and O–H groups in total. The molecule has 10 nitrogen and oxygen atoms in total. The van der Waals surface area contributed by atoms with Gasteiger partial charge >= 0.3 is 18.2 Å². The highest BCUT2D eigenvalue weighted by Crippen LogP contribution is 2.22. The van der Waals surface area contributed by atoms with Gasteiger partial charge < -0.3 is 35.5 Å². The summed E-state index contributed by atoms with van der Waals surface area (Å²) in [6, 6.07) is 4.85. The lowest BCUT2D eigenvalue weighted by Gasteiger charge is -2.14. The fourth-order valence-corrected chi connectivity index (χ4v) is 2.78. The molecule has 0 spiro atoms. The van der Waals surface area contributed by atoms with E-state index in [0.29, 0.717) is 43.3 Å². The minimum atomic E-state index is -3.32. The molecule has 0 saturated carbocycles. The van der Waals surface area contributed by atoms with Crippen molar-refractivity contribution in [1.82, 2.24) is 16.0 Å². The number of benzene rings is 1. The molecule has 0 saturated heterocycles. The minimum Gasteiger partial charge on any atom is -0.450 e. The number of hydrogen-bond acceptors (Lipinski definition) is 6. The molecular weight excluding hydrogens is 478 g/mol. The Bertz CT molecular complexity index is 914. The van der Waals surface area contributed by atoms with E-state index in [-0.39, 0.29) is 31.4 Å². The zero-order valence-corrected chi connectivity index (χ0v) is 20.9. The number of anilines is 1. The Morgan fingerprint density at radius 1 is 1.08 bits per heavy atom. The lowest BCUT2D eigenvalue weighted by Crippen LogP contribution is -2.35. The third-order valence-electron chi connectivity index (χ3n) is 4.35. The maximum atomic E-state index is 12.9. The van der Waals surface area contributed by atoms with Gasteiger partial charge in [0.25, 0.3) is 0 Å². The predicted octanol–water partition coefficient (Wildman–Crippen LogP) is 3.92. The van der Waals surface area contributed by atoms with Crippen LogP contribution in [0.3, 0.4) is 0 Å². The molecule has 12 heteroatoms. The highest BCUT2D eigenvalue weighted by Gasteiger charge is 2.23. The highest BCUT2D eigenvalue weighted by molar-refractivity contribution is 5.95. The van der Waals surface area contributed by atoms with E-state index >= 15 is 0 Å². The van der Waals surface area contributed by atoms with E-state index in [0.717, 1.165) is 0 Å².